The molecule has 0 aliphatic carbocycles. The first-order chi connectivity index (χ1) is 12.1. The van der Waals surface area contributed by atoms with E-state index in [9.17, 15) is 10.0 Å². The van der Waals surface area contributed by atoms with Gasteiger partial charge in [-0.2, -0.15) is 0 Å². The summed E-state index contributed by atoms with van der Waals surface area (Å²) in [6, 6.07) is 14.8. The normalized spacial score (nSPS) is 12.2. The maximum Gasteiger partial charge on any atom is 0.336 e. The number of furan rings is 1. The summed E-state index contributed by atoms with van der Waals surface area (Å²) >= 11 is 0. The summed E-state index contributed by atoms with van der Waals surface area (Å²) in [6.45, 7) is 3.53. The van der Waals surface area contributed by atoms with Gasteiger partial charge in [0.2, 0.25) is 0 Å². The number of aryl methyl sites for hydroxylation is 1. The largest absolute Gasteiger partial charge is 0.454 e. The van der Waals surface area contributed by atoms with Crippen molar-refractivity contribution < 1.29 is 14.0 Å². The Morgan fingerprint density at radius 1 is 1.08 bits per heavy atom. The van der Waals surface area contributed by atoms with E-state index >= 15 is 0 Å². The minimum Gasteiger partial charge on any atom is -0.454 e. The molecule has 25 heavy (non-hydrogen) atoms. The average molecular weight is 333 g/mol. The average Bonchev–Trinajstić information content (AvgIpc) is 3.01. The van der Waals surface area contributed by atoms with E-state index in [1.165, 1.54) is 6.07 Å². The fraction of sp³-hybridized carbons (Fsp3) is 0.100. The van der Waals surface area contributed by atoms with Crippen molar-refractivity contribution in [2.24, 2.45) is 5.16 Å². The van der Waals surface area contributed by atoms with Crippen LogP contribution in [0.1, 0.15) is 18.2 Å². The number of benzene rings is 2. The molecule has 1 N–H and O–H groups in total. The summed E-state index contributed by atoms with van der Waals surface area (Å²) < 4.78 is 11.5. The van der Waals surface area contributed by atoms with Crippen LogP contribution in [0.3, 0.4) is 0 Å². The highest BCUT2D eigenvalue weighted by atomic mass is 16.4. The van der Waals surface area contributed by atoms with Gasteiger partial charge in [0.25, 0.3) is 0 Å². The predicted molar refractivity (Wildman–Crippen MR) is 96.4 cm³/mol. The van der Waals surface area contributed by atoms with Crippen molar-refractivity contribution in [3.63, 3.8) is 0 Å². The zero-order valence-electron chi connectivity index (χ0n) is 13.7. The van der Waals surface area contributed by atoms with Gasteiger partial charge in [0.15, 0.2) is 5.76 Å². The van der Waals surface area contributed by atoms with Gasteiger partial charge >= 0.3 is 5.63 Å². The molecule has 5 nitrogen and oxygen atoms in total. The molecule has 0 saturated heterocycles. The smallest absolute Gasteiger partial charge is 0.336 e. The van der Waals surface area contributed by atoms with E-state index in [1.807, 2.05) is 49.4 Å². The van der Waals surface area contributed by atoms with Gasteiger partial charge in [-0.3, -0.25) is 0 Å². The van der Waals surface area contributed by atoms with Crippen molar-refractivity contribution in [1.29, 1.82) is 0 Å². The molecule has 5 heteroatoms. The highest BCUT2D eigenvalue weighted by Gasteiger charge is 2.22. The first-order valence-electron chi connectivity index (χ1n) is 7.84. The molecule has 0 radical (unpaired) electrons. The van der Waals surface area contributed by atoms with Gasteiger partial charge in [-0.15, -0.1) is 0 Å². The molecule has 0 spiro atoms. The summed E-state index contributed by atoms with van der Waals surface area (Å²) in [4.78, 5) is 11.9. The van der Waals surface area contributed by atoms with Gasteiger partial charge in [-0.1, -0.05) is 35.5 Å². The molecule has 2 heterocycles. The van der Waals surface area contributed by atoms with Crippen LogP contribution in [0.25, 0.3) is 33.1 Å². The molecule has 0 atom stereocenters. The van der Waals surface area contributed by atoms with Gasteiger partial charge in [-0.05, 0) is 37.1 Å². The third-order valence-electron chi connectivity index (χ3n) is 4.31. The lowest BCUT2D eigenvalue weighted by Crippen LogP contribution is -1.98. The maximum atomic E-state index is 11.9. The van der Waals surface area contributed by atoms with E-state index in [1.54, 1.807) is 6.92 Å². The highest BCUT2D eigenvalue weighted by Crippen LogP contribution is 2.39. The summed E-state index contributed by atoms with van der Waals surface area (Å²) in [5.41, 5.74) is 3.44. The highest BCUT2D eigenvalue weighted by molar-refractivity contribution is 6.17. The van der Waals surface area contributed by atoms with Crippen LogP contribution in [-0.4, -0.2) is 10.9 Å². The lowest BCUT2D eigenvalue weighted by molar-refractivity contribution is 0.318. The van der Waals surface area contributed by atoms with Gasteiger partial charge in [0.05, 0.1) is 5.39 Å². The van der Waals surface area contributed by atoms with Gasteiger partial charge in [0, 0.05) is 17.0 Å². The molecular weight excluding hydrogens is 318 g/mol. The van der Waals surface area contributed by atoms with Crippen molar-refractivity contribution >= 4 is 27.7 Å². The molecule has 2 aromatic carbocycles. The summed E-state index contributed by atoms with van der Waals surface area (Å²) in [6.07, 6.45) is 0. The number of nitrogens with zero attached hydrogens (tertiary/aromatic N) is 1. The second-order valence-electron chi connectivity index (χ2n) is 5.92. The van der Waals surface area contributed by atoms with Gasteiger partial charge < -0.3 is 14.0 Å². The summed E-state index contributed by atoms with van der Waals surface area (Å²) in [5.74, 6) is 0.445. The minimum absolute atomic E-state index is 0.346. The Kier molecular flexibility index (Phi) is 3.42. The number of hydrogen-bond donors (Lipinski definition) is 1. The van der Waals surface area contributed by atoms with Crippen molar-refractivity contribution in [2.45, 2.75) is 13.8 Å². The molecule has 0 unspecified atom stereocenters. The lowest BCUT2D eigenvalue weighted by atomic mass is 9.98. The Morgan fingerprint density at radius 3 is 2.56 bits per heavy atom. The summed E-state index contributed by atoms with van der Waals surface area (Å²) in [5, 5.41) is 14.1. The van der Waals surface area contributed by atoms with Crippen LogP contribution >= 0.6 is 0 Å². The van der Waals surface area contributed by atoms with Crippen LogP contribution in [0.4, 0.5) is 0 Å². The molecule has 0 saturated carbocycles. The molecule has 0 fully saturated rings. The van der Waals surface area contributed by atoms with E-state index in [4.69, 9.17) is 8.83 Å². The number of oxime groups is 1. The first-order valence-corrected chi connectivity index (χ1v) is 7.84. The third-order valence-corrected chi connectivity index (χ3v) is 4.31. The van der Waals surface area contributed by atoms with Crippen molar-refractivity contribution in [3.05, 3.63) is 70.3 Å². The molecule has 4 rings (SSSR count). The van der Waals surface area contributed by atoms with E-state index in [0.717, 1.165) is 22.1 Å². The third kappa shape index (κ3) is 2.32. The second kappa shape index (κ2) is 5.63. The van der Waals surface area contributed by atoms with Crippen molar-refractivity contribution in [3.8, 4) is 11.1 Å². The van der Waals surface area contributed by atoms with Crippen LogP contribution in [0.5, 0.6) is 0 Å². The van der Waals surface area contributed by atoms with Crippen LogP contribution < -0.4 is 5.63 Å². The maximum absolute atomic E-state index is 11.9. The fourth-order valence-electron chi connectivity index (χ4n) is 3.14. The standard InChI is InChI=1S/C20H15NO4/c1-11-10-16(22)25-20-14(11)8-9-15-18(20)17(13-6-4-3-5-7-13)19(24-15)12(2)21-23/h3-10,23H,1-2H3/b21-12+. The molecule has 0 bridgehead atoms. The molecule has 124 valence electrons. The molecule has 4 aromatic rings. The Morgan fingerprint density at radius 2 is 1.84 bits per heavy atom. The first kappa shape index (κ1) is 15.2. The predicted octanol–water partition coefficient (Wildman–Crippen LogP) is 4.71. The van der Waals surface area contributed by atoms with E-state index in [-0.39, 0.29) is 0 Å². The number of fused-ring (bicyclic) bond motifs is 3. The Hall–Kier alpha value is -3.34. The zero-order valence-corrected chi connectivity index (χ0v) is 13.7. The molecule has 0 amide bonds. The Labute approximate surface area is 142 Å². The van der Waals surface area contributed by atoms with Crippen LogP contribution in [0.2, 0.25) is 0 Å². The topological polar surface area (TPSA) is 75.9 Å². The SMILES string of the molecule is C/C(=N\O)c1oc2ccc3c(C)cc(=O)oc3c2c1-c1ccccc1. The number of rotatable bonds is 2. The van der Waals surface area contributed by atoms with E-state index in [0.29, 0.717) is 28.0 Å². The van der Waals surface area contributed by atoms with E-state index < -0.39 is 5.63 Å². The van der Waals surface area contributed by atoms with Crippen molar-refractivity contribution in [2.75, 3.05) is 0 Å². The molecular formula is C20H15NO4. The quantitative estimate of drug-likeness (QED) is 0.249. The zero-order chi connectivity index (χ0) is 17.6. The van der Waals surface area contributed by atoms with Gasteiger partial charge in [-0.25, -0.2) is 4.79 Å². The van der Waals surface area contributed by atoms with Gasteiger partial charge in [0.1, 0.15) is 16.9 Å². The molecule has 2 aromatic heterocycles. The Bertz CT molecular complexity index is 1180. The Balaban J connectivity index is 2.26. The van der Waals surface area contributed by atoms with Crippen LogP contribution in [0.15, 0.2) is 67.3 Å². The lowest BCUT2D eigenvalue weighted by Gasteiger charge is -2.05. The van der Waals surface area contributed by atoms with E-state index in [2.05, 4.69) is 5.16 Å². The summed E-state index contributed by atoms with van der Waals surface area (Å²) in [7, 11) is 0. The monoisotopic (exact) mass is 333 g/mol. The molecule has 0 aliphatic rings. The van der Waals surface area contributed by atoms with Crippen LogP contribution in [0, 0.1) is 6.92 Å². The van der Waals surface area contributed by atoms with Crippen LogP contribution in [-0.2, 0) is 0 Å². The van der Waals surface area contributed by atoms with Crippen molar-refractivity contribution in [1.82, 2.24) is 0 Å². The fourth-order valence-corrected chi connectivity index (χ4v) is 3.14. The second-order valence-corrected chi connectivity index (χ2v) is 5.92. The minimum atomic E-state index is -0.410. The number of hydrogen-bond acceptors (Lipinski definition) is 5. The molecule has 0 aliphatic heterocycles.